The summed E-state index contributed by atoms with van der Waals surface area (Å²) >= 11 is 0. The van der Waals surface area contributed by atoms with Gasteiger partial charge in [-0.1, -0.05) is 13.0 Å². The average Bonchev–Trinajstić information content (AvgIpc) is 2.45. The first-order valence-electron chi connectivity index (χ1n) is 6.77. The van der Waals surface area contributed by atoms with Crippen molar-refractivity contribution in [2.45, 2.75) is 33.6 Å². The van der Waals surface area contributed by atoms with E-state index in [0.717, 1.165) is 41.0 Å². The summed E-state index contributed by atoms with van der Waals surface area (Å²) in [6.07, 6.45) is 7.15. The molecule has 104 valence electrons. The number of hydrogen-bond acceptors (Lipinski definition) is 5. The summed E-state index contributed by atoms with van der Waals surface area (Å²) in [6, 6.07) is 1.84. The van der Waals surface area contributed by atoms with Crippen LogP contribution in [-0.4, -0.2) is 21.2 Å². The quantitative estimate of drug-likeness (QED) is 0.865. The van der Waals surface area contributed by atoms with Crippen LogP contribution in [0.15, 0.2) is 23.3 Å². The van der Waals surface area contributed by atoms with Crippen LogP contribution in [0.2, 0.25) is 0 Å². The van der Waals surface area contributed by atoms with Gasteiger partial charge in [-0.3, -0.25) is 9.98 Å². The molecule has 20 heavy (non-hydrogen) atoms. The molecule has 5 nitrogen and oxygen atoms in total. The van der Waals surface area contributed by atoms with Crippen LogP contribution in [-0.2, 0) is 6.42 Å². The van der Waals surface area contributed by atoms with Crippen LogP contribution in [0.25, 0.3) is 16.6 Å². The Kier molecular flexibility index (Phi) is 4.40. The van der Waals surface area contributed by atoms with E-state index >= 15 is 0 Å². The molecular formula is C15H19N5. The Morgan fingerprint density at radius 3 is 2.80 bits per heavy atom. The van der Waals surface area contributed by atoms with Crippen molar-refractivity contribution in [3.05, 3.63) is 29.9 Å². The normalized spacial score (nSPS) is 12.4. The van der Waals surface area contributed by atoms with Gasteiger partial charge in [-0.15, -0.1) is 0 Å². The van der Waals surface area contributed by atoms with Gasteiger partial charge in [0.2, 0.25) is 0 Å². The fourth-order valence-corrected chi connectivity index (χ4v) is 2.06. The van der Waals surface area contributed by atoms with Crippen LogP contribution < -0.4 is 5.73 Å². The number of pyridine rings is 1. The Balaban J connectivity index is 2.72. The van der Waals surface area contributed by atoms with Crippen molar-refractivity contribution in [2.24, 2.45) is 4.99 Å². The molecule has 2 aromatic rings. The summed E-state index contributed by atoms with van der Waals surface area (Å²) in [5, 5.41) is 0.820. The van der Waals surface area contributed by atoms with Crippen molar-refractivity contribution in [3.8, 4) is 0 Å². The molecule has 0 bridgehead atoms. The van der Waals surface area contributed by atoms with E-state index in [2.05, 4.69) is 26.9 Å². The lowest BCUT2D eigenvalue weighted by atomic mass is 10.1. The highest BCUT2D eigenvalue weighted by molar-refractivity contribution is 5.95. The van der Waals surface area contributed by atoms with Gasteiger partial charge in [0.1, 0.15) is 22.9 Å². The van der Waals surface area contributed by atoms with E-state index in [9.17, 15) is 0 Å². The maximum Gasteiger partial charge on any atom is 0.135 e. The fraction of sp³-hybridized carbons (Fsp3) is 0.333. The van der Waals surface area contributed by atoms with Gasteiger partial charge in [0, 0.05) is 24.2 Å². The van der Waals surface area contributed by atoms with Crippen LogP contribution in [0.5, 0.6) is 0 Å². The predicted octanol–water partition coefficient (Wildman–Crippen LogP) is 3.01. The minimum atomic E-state index is 0.498. The molecule has 0 saturated heterocycles. The van der Waals surface area contributed by atoms with Gasteiger partial charge in [-0.25, -0.2) is 9.97 Å². The second-order valence-corrected chi connectivity index (χ2v) is 4.39. The Morgan fingerprint density at radius 2 is 2.15 bits per heavy atom. The Bertz CT molecular complexity index is 673. The first kappa shape index (κ1) is 14.1. The summed E-state index contributed by atoms with van der Waals surface area (Å²) in [6.45, 7) is 5.90. The van der Waals surface area contributed by atoms with E-state index in [4.69, 9.17) is 5.73 Å². The third-order valence-corrected chi connectivity index (χ3v) is 2.95. The molecule has 0 spiro atoms. The van der Waals surface area contributed by atoms with Crippen molar-refractivity contribution >= 4 is 28.6 Å². The highest BCUT2D eigenvalue weighted by Gasteiger charge is 2.12. The van der Waals surface area contributed by atoms with Gasteiger partial charge in [-0.2, -0.15) is 0 Å². The van der Waals surface area contributed by atoms with Gasteiger partial charge >= 0.3 is 0 Å². The third kappa shape index (κ3) is 2.66. The molecule has 0 radical (unpaired) electrons. The van der Waals surface area contributed by atoms with Crippen molar-refractivity contribution in [1.29, 1.82) is 0 Å². The maximum absolute atomic E-state index is 6.03. The van der Waals surface area contributed by atoms with E-state index in [1.807, 2.05) is 26.0 Å². The fourth-order valence-electron chi connectivity index (χ4n) is 2.06. The molecule has 2 N–H and O–H groups in total. The molecule has 2 heterocycles. The lowest BCUT2D eigenvalue weighted by Gasteiger charge is -2.08. The molecule has 0 aromatic carbocycles. The Morgan fingerprint density at radius 1 is 1.35 bits per heavy atom. The number of allylic oxidation sites excluding steroid dienone is 1. The lowest BCUT2D eigenvalue weighted by Crippen LogP contribution is -2.03. The third-order valence-electron chi connectivity index (χ3n) is 2.95. The van der Waals surface area contributed by atoms with E-state index < -0.39 is 0 Å². The highest BCUT2D eigenvalue weighted by Crippen LogP contribution is 2.25. The number of nitrogens with two attached hydrogens (primary N) is 1. The molecule has 0 fully saturated rings. The molecule has 0 saturated carbocycles. The first-order chi connectivity index (χ1) is 9.71. The zero-order chi connectivity index (χ0) is 14.5. The van der Waals surface area contributed by atoms with Crippen LogP contribution in [0, 0.1) is 0 Å². The largest absolute Gasteiger partial charge is 0.383 e. The topological polar surface area (TPSA) is 77.0 Å². The van der Waals surface area contributed by atoms with E-state index in [1.165, 1.54) is 0 Å². The van der Waals surface area contributed by atoms with E-state index in [-0.39, 0.29) is 0 Å². The number of nitrogens with zero attached hydrogens (tertiary/aromatic N) is 4. The molecule has 0 aliphatic carbocycles. The van der Waals surface area contributed by atoms with Gasteiger partial charge < -0.3 is 5.73 Å². The van der Waals surface area contributed by atoms with E-state index in [1.54, 1.807) is 12.4 Å². The first-order valence-corrected chi connectivity index (χ1v) is 6.77. The lowest BCUT2D eigenvalue weighted by molar-refractivity contribution is 0.846. The Labute approximate surface area is 118 Å². The van der Waals surface area contributed by atoms with Crippen LogP contribution in [0.4, 0.5) is 5.82 Å². The summed E-state index contributed by atoms with van der Waals surface area (Å²) in [4.78, 5) is 17.7. The van der Waals surface area contributed by atoms with E-state index in [0.29, 0.717) is 5.82 Å². The number of nitrogen functional groups attached to an aromatic ring is 1. The molecular weight excluding hydrogens is 250 g/mol. The van der Waals surface area contributed by atoms with Gasteiger partial charge in [0.25, 0.3) is 0 Å². The van der Waals surface area contributed by atoms with Gasteiger partial charge in [0.05, 0.1) is 5.70 Å². The van der Waals surface area contributed by atoms with Crippen LogP contribution in [0.3, 0.4) is 0 Å². The summed E-state index contributed by atoms with van der Waals surface area (Å²) in [7, 11) is 0. The molecule has 0 aliphatic heterocycles. The number of aliphatic imine (C=N–C) groups is 1. The average molecular weight is 269 g/mol. The molecule has 0 amide bonds. The summed E-state index contributed by atoms with van der Waals surface area (Å²) in [5.74, 6) is 1.25. The number of hydrogen-bond donors (Lipinski definition) is 1. The molecule has 2 aromatic heterocycles. The minimum Gasteiger partial charge on any atom is -0.383 e. The summed E-state index contributed by atoms with van der Waals surface area (Å²) < 4.78 is 0. The predicted molar refractivity (Wildman–Crippen MR) is 83.6 cm³/mol. The van der Waals surface area contributed by atoms with Crippen molar-refractivity contribution in [3.63, 3.8) is 0 Å². The molecule has 0 atom stereocenters. The monoisotopic (exact) mass is 269 g/mol. The smallest absolute Gasteiger partial charge is 0.135 e. The second-order valence-electron chi connectivity index (χ2n) is 4.39. The summed E-state index contributed by atoms with van der Waals surface area (Å²) in [5.41, 5.74) is 8.34. The zero-order valence-corrected chi connectivity index (χ0v) is 12.1. The molecule has 2 rings (SSSR count). The molecule has 5 heteroatoms. The van der Waals surface area contributed by atoms with Crippen LogP contribution >= 0.6 is 0 Å². The van der Waals surface area contributed by atoms with Crippen molar-refractivity contribution in [2.75, 3.05) is 5.73 Å². The van der Waals surface area contributed by atoms with Gasteiger partial charge in [0.15, 0.2) is 0 Å². The molecule has 0 aliphatic rings. The van der Waals surface area contributed by atoms with Crippen molar-refractivity contribution < 1.29 is 0 Å². The number of fused-ring (bicyclic) bond motifs is 1. The highest BCUT2D eigenvalue weighted by atomic mass is 15.0. The Hall–Kier alpha value is -2.30. The number of rotatable bonds is 4. The minimum absolute atomic E-state index is 0.498. The SMILES string of the molecule is CC=N/C(=C\C)c1nccc2c(N)nc(CCC)nc12. The van der Waals surface area contributed by atoms with Gasteiger partial charge in [-0.05, 0) is 26.3 Å². The number of aryl methyl sites for hydroxylation is 1. The number of aromatic nitrogens is 3. The number of anilines is 1. The molecule has 0 unspecified atom stereocenters. The standard InChI is InChI=1S/C15H19N5/c1-4-7-12-19-13-10(15(16)20-12)8-9-18-14(13)11(5-2)17-6-3/h5-6,8-9H,4,7H2,1-3H3,(H2,16,19,20)/b11-5-,17-6?. The maximum atomic E-state index is 6.03. The van der Waals surface area contributed by atoms with Crippen molar-refractivity contribution in [1.82, 2.24) is 15.0 Å². The zero-order valence-electron chi connectivity index (χ0n) is 12.1. The second kappa shape index (κ2) is 6.23. The van der Waals surface area contributed by atoms with Crippen LogP contribution in [0.1, 0.15) is 38.7 Å².